The Balaban J connectivity index is 2.26. The fraction of sp³-hybridized carbons (Fsp3) is 1.00. The summed E-state index contributed by atoms with van der Waals surface area (Å²) in [6.07, 6.45) is 3.55. The molecule has 0 aromatic carbocycles. The molecule has 2 N–H and O–H groups in total. The van der Waals surface area contributed by atoms with Gasteiger partial charge in [-0.2, -0.15) is 0 Å². The van der Waals surface area contributed by atoms with E-state index in [1.807, 2.05) is 7.05 Å². The maximum absolute atomic E-state index is 10.5. The van der Waals surface area contributed by atoms with Crippen molar-refractivity contribution in [2.45, 2.75) is 25.3 Å². The number of rotatable bonds is 4. The molecule has 0 bridgehead atoms. The van der Waals surface area contributed by atoms with Crippen molar-refractivity contribution < 1.29 is 8.76 Å². The maximum Gasteiger partial charge on any atom is 0.154 e. The maximum atomic E-state index is 10.5. The van der Waals surface area contributed by atoms with E-state index in [-0.39, 0.29) is 0 Å². The fourth-order valence-corrected chi connectivity index (χ4v) is 2.29. The van der Waals surface area contributed by atoms with E-state index >= 15 is 0 Å². The Hall–Kier alpha value is 0.0300. The third-order valence-electron chi connectivity index (χ3n) is 2.79. The van der Waals surface area contributed by atoms with Gasteiger partial charge in [-0.3, -0.25) is 0 Å². The first-order valence-electron chi connectivity index (χ1n) is 5.18. The highest BCUT2D eigenvalue weighted by Gasteiger charge is 2.16. The Kier molecular flexibility index (Phi) is 5.62. The van der Waals surface area contributed by atoms with Crippen LogP contribution in [-0.2, 0) is 11.1 Å². The highest BCUT2D eigenvalue weighted by molar-refractivity contribution is 7.79. The molecule has 0 aliphatic carbocycles. The first-order chi connectivity index (χ1) is 6.70. The summed E-state index contributed by atoms with van der Waals surface area (Å²) in [6.45, 7) is 2.89. The predicted octanol–water partition coefficient (Wildman–Crippen LogP) is 0.282. The van der Waals surface area contributed by atoms with Crippen LogP contribution in [0.5, 0.6) is 0 Å². The Bertz CT molecular complexity index is 182. The average Bonchev–Trinajstić information content (AvgIpc) is 2.42. The first-order valence-corrected chi connectivity index (χ1v) is 6.46. The van der Waals surface area contributed by atoms with Gasteiger partial charge in [0.05, 0.1) is 5.75 Å². The van der Waals surface area contributed by atoms with E-state index in [0.717, 1.165) is 19.5 Å². The van der Waals surface area contributed by atoms with Crippen LogP contribution in [0.25, 0.3) is 0 Å². The van der Waals surface area contributed by atoms with Gasteiger partial charge >= 0.3 is 0 Å². The summed E-state index contributed by atoms with van der Waals surface area (Å²) in [5.41, 5.74) is 0. The molecule has 0 saturated carbocycles. The van der Waals surface area contributed by atoms with Gasteiger partial charge in [-0.15, -0.1) is 0 Å². The van der Waals surface area contributed by atoms with Crippen LogP contribution in [0.15, 0.2) is 0 Å². The molecule has 0 aromatic rings. The van der Waals surface area contributed by atoms with E-state index in [0.29, 0.717) is 18.3 Å². The SMILES string of the molecule is CN(CCS(=O)O)C1CCCNCC1. The minimum absolute atomic E-state index is 0.362. The zero-order valence-electron chi connectivity index (χ0n) is 8.74. The molecule has 0 radical (unpaired) electrons. The van der Waals surface area contributed by atoms with Gasteiger partial charge in [0.2, 0.25) is 0 Å². The highest BCUT2D eigenvalue weighted by Crippen LogP contribution is 2.11. The summed E-state index contributed by atoms with van der Waals surface area (Å²) >= 11 is -1.65. The molecule has 1 rings (SSSR count). The van der Waals surface area contributed by atoms with Crippen LogP contribution in [0.3, 0.4) is 0 Å². The minimum atomic E-state index is -1.65. The smallest absolute Gasteiger partial charge is 0.154 e. The van der Waals surface area contributed by atoms with Crippen LogP contribution >= 0.6 is 0 Å². The molecule has 14 heavy (non-hydrogen) atoms. The van der Waals surface area contributed by atoms with E-state index < -0.39 is 11.1 Å². The van der Waals surface area contributed by atoms with Gasteiger partial charge in [0.15, 0.2) is 11.1 Å². The summed E-state index contributed by atoms with van der Waals surface area (Å²) in [7, 11) is 2.04. The molecular formula is C9H20N2O2S. The molecule has 1 aliphatic rings. The number of hydrogen-bond acceptors (Lipinski definition) is 3. The molecule has 0 spiro atoms. The largest absolute Gasteiger partial charge is 0.317 e. The second kappa shape index (κ2) is 6.50. The molecule has 84 valence electrons. The van der Waals surface area contributed by atoms with Crippen LogP contribution in [-0.4, -0.2) is 52.1 Å². The number of nitrogens with zero attached hydrogens (tertiary/aromatic N) is 1. The van der Waals surface area contributed by atoms with Gasteiger partial charge in [0.1, 0.15) is 0 Å². The fourth-order valence-electron chi connectivity index (χ4n) is 1.85. The quantitative estimate of drug-likeness (QED) is 0.668. The molecule has 1 saturated heterocycles. The van der Waals surface area contributed by atoms with E-state index in [1.54, 1.807) is 0 Å². The lowest BCUT2D eigenvalue weighted by molar-refractivity contribution is 0.236. The lowest BCUT2D eigenvalue weighted by Crippen LogP contribution is -2.35. The van der Waals surface area contributed by atoms with Gasteiger partial charge in [-0.25, -0.2) is 4.21 Å². The van der Waals surface area contributed by atoms with Crippen LogP contribution < -0.4 is 5.32 Å². The van der Waals surface area contributed by atoms with Crippen molar-refractivity contribution >= 4 is 11.1 Å². The lowest BCUT2D eigenvalue weighted by atomic mass is 10.1. The summed E-state index contributed by atoms with van der Waals surface area (Å²) in [4.78, 5) is 2.21. The topological polar surface area (TPSA) is 52.6 Å². The Morgan fingerprint density at radius 1 is 1.50 bits per heavy atom. The van der Waals surface area contributed by atoms with Crippen molar-refractivity contribution in [2.75, 3.05) is 32.4 Å². The molecule has 1 heterocycles. The molecule has 0 amide bonds. The average molecular weight is 220 g/mol. The van der Waals surface area contributed by atoms with Crippen molar-refractivity contribution in [1.82, 2.24) is 10.2 Å². The minimum Gasteiger partial charge on any atom is -0.317 e. The van der Waals surface area contributed by atoms with Crippen LogP contribution in [0.2, 0.25) is 0 Å². The number of nitrogens with one attached hydrogen (secondary N) is 1. The molecule has 2 atom stereocenters. The Labute approximate surface area is 88.3 Å². The molecule has 4 nitrogen and oxygen atoms in total. The molecule has 1 fully saturated rings. The molecule has 2 unspecified atom stereocenters. The summed E-state index contributed by atoms with van der Waals surface area (Å²) < 4.78 is 19.2. The van der Waals surface area contributed by atoms with Crippen molar-refractivity contribution in [1.29, 1.82) is 0 Å². The molecular weight excluding hydrogens is 200 g/mol. The van der Waals surface area contributed by atoms with Crippen molar-refractivity contribution in [3.05, 3.63) is 0 Å². The second-order valence-electron chi connectivity index (χ2n) is 3.84. The Morgan fingerprint density at radius 3 is 3.00 bits per heavy atom. The normalized spacial score (nSPS) is 26.1. The van der Waals surface area contributed by atoms with Crippen LogP contribution in [0.4, 0.5) is 0 Å². The monoisotopic (exact) mass is 220 g/mol. The van der Waals surface area contributed by atoms with E-state index in [4.69, 9.17) is 4.55 Å². The molecule has 1 aliphatic heterocycles. The van der Waals surface area contributed by atoms with Gasteiger partial charge in [0.25, 0.3) is 0 Å². The number of hydrogen-bond donors (Lipinski definition) is 2. The standard InChI is InChI=1S/C9H20N2O2S/c1-11(7-8-14(12)13)9-3-2-5-10-6-4-9/h9-10H,2-8H2,1H3,(H,12,13). The summed E-state index contributed by atoms with van der Waals surface area (Å²) in [5.74, 6) is 0.362. The molecule has 5 heteroatoms. The van der Waals surface area contributed by atoms with Crippen molar-refractivity contribution in [3.63, 3.8) is 0 Å². The van der Waals surface area contributed by atoms with Crippen LogP contribution in [0, 0.1) is 0 Å². The second-order valence-corrected chi connectivity index (χ2v) is 4.89. The Morgan fingerprint density at radius 2 is 2.29 bits per heavy atom. The van der Waals surface area contributed by atoms with E-state index in [9.17, 15) is 4.21 Å². The van der Waals surface area contributed by atoms with Gasteiger partial charge in [-0.1, -0.05) is 0 Å². The molecule has 0 aromatic heterocycles. The van der Waals surface area contributed by atoms with Crippen molar-refractivity contribution in [2.24, 2.45) is 0 Å². The van der Waals surface area contributed by atoms with Gasteiger partial charge in [-0.05, 0) is 39.4 Å². The third-order valence-corrected chi connectivity index (χ3v) is 3.32. The van der Waals surface area contributed by atoms with Crippen LogP contribution in [0.1, 0.15) is 19.3 Å². The summed E-state index contributed by atoms with van der Waals surface area (Å²) in [6, 6.07) is 0.577. The zero-order chi connectivity index (χ0) is 10.4. The highest BCUT2D eigenvalue weighted by atomic mass is 32.2. The third kappa shape index (κ3) is 4.50. The predicted molar refractivity (Wildman–Crippen MR) is 58.8 cm³/mol. The summed E-state index contributed by atoms with van der Waals surface area (Å²) in [5, 5.41) is 3.36. The van der Waals surface area contributed by atoms with E-state index in [1.165, 1.54) is 12.8 Å². The van der Waals surface area contributed by atoms with Gasteiger partial charge in [0, 0.05) is 12.6 Å². The van der Waals surface area contributed by atoms with Gasteiger partial charge < -0.3 is 14.8 Å². The van der Waals surface area contributed by atoms with Crippen molar-refractivity contribution in [3.8, 4) is 0 Å². The van der Waals surface area contributed by atoms with E-state index in [2.05, 4.69) is 10.2 Å². The lowest BCUT2D eigenvalue weighted by Gasteiger charge is -2.26. The first kappa shape index (κ1) is 12.1. The zero-order valence-corrected chi connectivity index (χ0v) is 9.55.